The summed E-state index contributed by atoms with van der Waals surface area (Å²) in [5, 5.41) is 13.7. The fourth-order valence-corrected chi connectivity index (χ4v) is 3.60. The number of hydrogen-bond donors (Lipinski definition) is 1. The van der Waals surface area contributed by atoms with Crippen LogP contribution < -0.4 is 0 Å². The van der Waals surface area contributed by atoms with E-state index in [1.54, 1.807) is 6.92 Å². The maximum atomic E-state index is 13.0. The number of carbonyl (C=O) groups is 1. The Kier molecular flexibility index (Phi) is 6.38. The molecule has 3 rings (SSSR count). The van der Waals surface area contributed by atoms with E-state index in [1.807, 2.05) is 24.3 Å². The number of oxime groups is 1. The summed E-state index contributed by atoms with van der Waals surface area (Å²) in [6.07, 6.45) is -5.72. The lowest BCUT2D eigenvalue weighted by molar-refractivity contribution is -0.187. The molecular formula is C24H26F3NO4. The Balaban J connectivity index is 1.91. The number of carboxylic acids is 1. The van der Waals surface area contributed by atoms with Crippen LogP contribution in [-0.2, 0) is 32.6 Å². The Morgan fingerprint density at radius 3 is 2.09 bits per heavy atom. The number of aliphatic carboxylic acids is 1. The molecule has 1 aliphatic rings. The van der Waals surface area contributed by atoms with Crippen LogP contribution in [0.25, 0.3) is 0 Å². The predicted octanol–water partition coefficient (Wildman–Crippen LogP) is 5.88. The van der Waals surface area contributed by atoms with Gasteiger partial charge in [0.1, 0.15) is 6.10 Å². The summed E-state index contributed by atoms with van der Waals surface area (Å²) in [5.74, 6) is -1.30. The largest absolute Gasteiger partial charge is 0.478 e. The second kappa shape index (κ2) is 8.58. The standard InChI is InChI=1S/C24H26F3NO4/c1-15-13-23(21(29)30,32-28-15)20(17-7-11-19(12-8-17)24(25,26)27)31-14-16-5-9-18(10-6-16)22(2,3)4/h5-12,20H,13-14H2,1-4H3,(H,29,30). The van der Waals surface area contributed by atoms with E-state index in [0.717, 1.165) is 23.3 Å². The van der Waals surface area contributed by atoms with Crippen LogP contribution in [0.1, 0.15) is 62.5 Å². The fourth-order valence-electron chi connectivity index (χ4n) is 3.60. The molecule has 2 atom stereocenters. The van der Waals surface area contributed by atoms with Crippen LogP contribution in [0.4, 0.5) is 13.2 Å². The van der Waals surface area contributed by atoms with E-state index in [0.29, 0.717) is 5.71 Å². The van der Waals surface area contributed by atoms with E-state index in [4.69, 9.17) is 9.57 Å². The number of nitrogens with zero attached hydrogens (tertiary/aromatic N) is 1. The van der Waals surface area contributed by atoms with E-state index < -0.39 is 29.4 Å². The van der Waals surface area contributed by atoms with Crippen molar-refractivity contribution >= 4 is 11.7 Å². The lowest BCUT2D eigenvalue weighted by atomic mass is 9.86. The van der Waals surface area contributed by atoms with Gasteiger partial charge in [0.05, 0.1) is 17.9 Å². The molecule has 0 bridgehead atoms. The first-order chi connectivity index (χ1) is 14.8. The summed E-state index contributed by atoms with van der Waals surface area (Å²) >= 11 is 0. The van der Waals surface area contributed by atoms with Gasteiger partial charge in [-0.3, -0.25) is 0 Å². The molecule has 172 valence electrons. The molecule has 1 aliphatic heterocycles. The summed E-state index contributed by atoms with van der Waals surface area (Å²) < 4.78 is 45.0. The molecule has 2 aromatic carbocycles. The minimum Gasteiger partial charge on any atom is -0.478 e. The lowest BCUT2D eigenvalue weighted by Gasteiger charge is -2.31. The van der Waals surface area contributed by atoms with Gasteiger partial charge in [-0.2, -0.15) is 13.2 Å². The Morgan fingerprint density at radius 2 is 1.66 bits per heavy atom. The first-order valence-electron chi connectivity index (χ1n) is 10.2. The highest BCUT2D eigenvalue weighted by Gasteiger charge is 2.54. The first kappa shape index (κ1) is 23.8. The minimum atomic E-state index is -4.50. The normalized spacial score (nSPS) is 19.9. The Bertz CT molecular complexity index is 992. The monoisotopic (exact) mass is 449 g/mol. The van der Waals surface area contributed by atoms with Crippen LogP contribution in [0.15, 0.2) is 53.7 Å². The van der Waals surface area contributed by atoms with Gasteiger partial charge in [0.15, 0.2) is 0 Å². The zero-order chi connectivity index (χ0) is 23.7. The molecule has 1 N–H and O–H groups in total. The summed E-state index contributed by atoms with van der Waals surface area (Å²) in [4.78, 5) is 17.5. The van der Waals surface area contributed by atoms with Gasteiger partial charge >= 0.3 is 12.1 Å². The number of ether oxygens (including phenoxy) is 1. The molecule has 8 heteroatoms. The second-order valence-corrected chi connectivity index (χ2v) is 9.05. The van der Waals surface area contributed by atoms with Gasteiger partial charge in [0.25, 0.3) is 5.60 Å². The molecule has 0 spiro atoms. The van der Waals surface area contributed by atoms with E-state index in [1.165, 1.54) is 12.1 Å². The van der Waals surface area contributed by atoms with Gasteiger partial charge in [-0.15, -0.1) is 0 Å². The van der Waals surface area contributed by atoms with Crippen molar-refractivity contribution < 1.29 is 32.6 Å². The molecule has 0 fully saturated rings. The quantitative estimate of drug-likeness (QED) is 0.598. The fraction of sp³-hybridized carbons (Fsp3) is 0.417. The third-order valence-electron chi connectivity index (χ3n) is 5.45. The highest BCUT2D eigenvalue weighted by atomic mass is 19.4. The van der Waals surface area contributed by atoms with Crippen LogP contribution in [0, 0.1) is 0 Å². The lowest BCUT2D eigenvalue weighted by Crippen LogP contribution is -2.46. The third kappa shape index (κ3) is 4.96. The van der Waals surface area contributed by atoms with E-state index in [2.05, 4.69) is 25.9 Å². The molecule has 2 aromatic rings. The molecule has 0 saturated heterocycles. The molecule has 0 amide bonds. The third-order valence-corrected chi connectivity index (χ3v) is 5.45. The molecule has 1 heterocycles. The summed E-state index contributed by atoms with van der Waals surface area (Å²) in [6, 6.07) is 12.0. The topological polar surface area (TPSA) is 68.1 Å². The van der Waals surface area contributed by atoms with Crippen LogP contribution in [0.5, 0.6) is 0 Å². The number of halogens is 3. The average Bonchev–Trinajstić information content (AvgIpc) is 3.10. The highest BCUT2D eigenvalue weighted by Crippen LogP contribution is 2.41. The van der Waals surface area contributed by atoms with Crippen LogP contribution >= 0.6 is 0 Å². The molecule has 2 unspecified atom stereocenters. The summed E-state index contributed by atoms with van der Waals surface area (Å²) in [7, 11) is 0. The molecule has 5 nitrogen and oxygen atoms in total. The van der Waals surface area contributed by atoms with E-state index >= 15 is 0 Å². The number of carboxylic acid groups (broad SMARTS) is 1. The zero-order valence-electron chi connectivity index (χ0n) is 18.4. The van der Waals surface area contributed by atoms with E-state index in [9.17, 15) is 23.1 Å². The van der Waals surface area contributed by atoms with Crippen LogP contribution in [-0.4, -0.2) is 22.4 Å². The second-order valence-electron chi connectivity index (χ2n) is 9.05. The minimum absolute atomic E-state index is 0.0257. The van der Waals surface area contributed by atoms with E-state index in [-0.39, 0.29) is 24.0 Å². The molecule has 32 heavy (non-hydrogen) atoms. The molecular weight excluding hydrogens is 423 g/mol. The maximum absolute atomic E-state index is 13.0. The molecule has 0 aromatic heterocycles. The van der Waals surface area contributed by atoms with Crippen molar-refractivity contribution in [1.82, 2.24) is 0 Å². The molecule has 0 saturated carbocycles. The Morgan fingerprint density at radius 1 is 1.09 bits per heavy atom. The van der Waals surface area contributed by atoms with Crippen molar-refractivity contribution in [3.63, 3.8) is 0 Å². The SMILES string of the molecule is CC1=NOC(C(=O)O)(C(OCc2ccc(C(C)(C)C)cc2)c2ccc(C(F)(F)F)cc2)C1. The highest BCUT2D eigenvalue weighted by molar-refractivity contribution is 5.92. The molecule has 0 radical (unpaired) electrons. The van der Waals surface area contributed by atoms with Crippen molar-refractivity contribution in [2.45, 2.75) is 64.0 Å². The van der Waals surface area contributed by atoms with Crippen LogP contribution in [0.3, 0.4) is 0 Å². The average molecular weight is 449 g/mol. The van der Waals surface area contributed by atoms with Gasteiger partial charge < -0.3 is 14.7 Å². The van der Waals surface area contributed by atoms with Crippen molar-refractivity contribution in [2.24, 2.45) is 5.16 Å². The van der Waals surface area contributed by atoms with Crippen molar-refractivity contribution in [1.29, 1.82) is 0 Å². The maximum Gasteiger partial charge on any atom is 0.416 e. The number of benzene rings is 2. The Labute approximate surface area is 184 Å². The van der Waals surface area contributed by atoms with Gasteiger partial charge in [0, 0.05) is 6.42 Å². The van der Waals surface area contributed by atoms with Gasteiger partial charge in [-0.05, 0) is 41.2 Å². The van der Waals surface area contributed by atoms with Gasteiger partial charge in [-0.1, -0.05) is 62.3 Å². The summed E-state index contributed by atoms with van der Waals surface area (Å²) in [6.45, 7) is 7.95. The van der Waals surface area contributed by atoms with Crippen LogP contribution in [0.2, 0.25) is 0 Å². The molecule has 0 aliphatic carbocycles. The Hall–Kier alpha value is -2.87. The van der Waals surface area contributed by atoms with Crippen molar-refractivity contribution in [3.05, 3.63) is 70.8 Å². The van der Waals surface area contributed by atoms with Gasteiger partial charge in [-0.25, -0.2) is 4.79 Å². The number of alkyl halides is 3. The van der Waals surface area contributed by atoms with Crippen molar-refractivity contribution in [3.8, 4) is 0 Å². The van der Waals surface area contributed by atoms with Gasteiger partial charge in [0.2, 0.25) is 0 Å². The number of rotatable bonds is 6. The summed E-state index contributed by atoms with van der Waals surface area (Å²) in [5.41, 5.74) is -0.0742. The van der Waals surface area contributed by atoms with Crippen molar-refractivity contribution in [2.75, 3.05) is 0 Å². The first-order valence-corrected chi connectivity index (χ1v) is 10.2. The number of hydrogen-bond acceptors (Lipinski definition) is 4. The zero-order valence-corrected chi connectivity index (χ0v) is 18.4. The predicted molar refractivity (Wildman–Crippen MR) is 113 cm³/mol. The smallest absolute Gasteiger partial charge is 0.416 e.